The summed E-state index contributed by atoms with van der Waals surface area (Å²) in [5, 5.41) is 13.2. The third-order valence-electron chi connectivity index (χ3n) is 5.33. The van der Waals surface area contributed by atoms with Crippen molar-refractivity contribution in [3.05, 3.63) is 82.9 Å². The van der Waals surface area contributed by atoms with Crippen LogP contribution in [-0.4, -0.2) is 29.4 Å². The van der Waals surface area contributed by atoms with Gasteiger partial charge in [0.1, 0.15) is 0 Å². The number of fused-ring (bicyclic) bond motifs is 3. The van der Waals surface area contributed by atoms with Gasteiger partial charge in [-0.05, 0) is 17.7 Å². The molecule has 9 heteroatoms. The van der Waals surface area contributed by atoms with E-state index in [2.05, 4.69) is 27.6 Å². The number of nitrogens with zero attached hydrogens (tertiary/aromatic N) is 3. The average molecular weight is 493 g/mol. The van der Waals surface area contributed by atoms with Crippen molar-refractivity contribution in [2.75, 3.05) is 19.5 Å². The molecule has 3 aromatic carbocycles. The van der Waals surface area contributed by atoms with Gasteiger partial charge in [0.15, 0.2) is 23.4 Å². The van der Waals surface area contributed by atoms with E-state index in [9.17, 15) is 0 Å². The summed E-state index contributed by atoms with van der Waals surface area (Å²) in [4.78, 5) is 4.70. The number of halogens is 1. The molecule has 1 aromatic heterocycles. The van der Waals surface area contributed by atoms with Crippen LogP contribution in [0.1, 0.15) is 17.4 Å². The zero-order valence-electron chi connectivity index (χ0n) is 18.5. The van der Waals surface area contributed by atoms with Crippen molar-refractivity contribution in [2.24, 2.45) is 0 Å². The molecule has 0 saturated heterocycles. The number of benzene rings is 3. The van der Waals surface area contributed by atoms with E-state index in [1.807, 2.05) is 42.5 Å². The highest BCUT2D eigenvalue weighted by atomic mass is 35.5. The molecule has 172 valence electrons. The van der Waals surface area contributed by atoms with Crippen molar-refractivity contribution in [1.29, 1.82) is 0 Å². The fourth-order valence-electron chi connectivity index (χ4n) is 3.64. The maximum atomic E-state index is 6.62. The Hall–Kier alpha value is -3.49. The molecule has 5 rings (SSSR count). The number of para-hydroxylation sites is 1. The largest absolute Gasteiger partial charge is 0.493 e. The molecule has 0 spiro atoms. The van der Waals surface area contributed by atoms with Crippen LogP contribution < -0.4 is 19.5 Å². The van der Waals surface area contributed by atoms with E-state index >= 15 is 0 Å². The molecule has 0 radical (unpaired) electrons. The summed E-state index contributed by atoms with van der Waals surface area (Å²) < 4.78 is 17.2. The van der Waals surface area contributed by atoms with Crippen LogP contribution in [0, 0.1) is 0 Å². The van der Waals surface area contributed by atoms with E-state index in [4.69, 9.17) is 30.8 Å². The molecule has 1 aliphatic heterocycles. The fourth-order valence-corrected chi connectivity index (χ4v) is 4.63. The standard InChI is InChI=1S/C25H21ClN4O3S/c1-31-20-12-17(18(26)13-21(20)32-2)23-27-19-11-7-6-10-16(19)22-24(33-23)28-25(30-29-22)34-14-15-8-4-3-5-9-15/h3-13,23,27H,14H2,1-2H3/t23-/m0/s1. The van der Waals surface area contributed by atoms with Gasteiger partial charge >= 0.3 is 0 Å². The van der Waals surface area contributed by atoms with Crippen molar-refractivity contribution < 1.29 is 14.2 Å². The maximum Gasteiger partial charge on any atom is 0.247 e. The molecule has 4 aromatic rings. The Bertz CT molecular complexity index is 1320. The SMILES string of the molecule is COc1cc(Cl)c([C@H]2Nc3ccccc3-c3nnc(SCc4ccccc4)nc3O2)cc1OC. The summed E-state index contributed by atoms with van der Waals surface area (Å²) in [5.41, 5.74) is 4.09. The van der Waals surface area contributed by atoms with Crippen LogP contribution in [0.3, 0.4) is 0 Å². The van der Waals surface area contributed by atoms with Crippen LogP contribution in [0.5, 0.6) is 17.4 Å². The zero-order chi connectivity index (χ0) is 23.5. The molecule has 0 aliphatic carbocycles. The molecule has 0 fully saturated rings. The Morgan fingerprint density at radius 1 is 0.971 bits per heavy atom. The van der Waals surface area contributed by atoms with E-state index in [-0.39, 0.29) is 0 Å². The predicted octanol–water partition coefficient (Wildman–Crippen LogP) is 6.00. The van der Waals surface area contributed by atoms with Gasteiger partial charge in [0, 0.05) is 28.6 Å². The highest BCUT2D eigenvalue weighted by Crippen LogP contribution is 2.43. The lowest BCUT2D eigenvalue weighted by atomic mass is 10.1. The van der Waals surface area contributed by atoms with E-state index in [0.29, 0.717) is 38.8 Å². The van der Waals surface area contributed by atoms with E-state index in [1.54, 1.807) is 26.4 Å². The van der Waals surface area contributed by atoms with Gasteiger partial charge in [-0.2, -0.15) is 4.98 Å². The number of thioether (sulfide) groups is 1. The van der Waals surface area contributed by atoms with Gasteiger partial charge in [0.25, 0.3) is 0 Å². The molecule has 7 nitrogen and oxygen atoms in total. The maximum absolute atomic E-state index is 6.62. The lowest BCUT2D eigenvalue weighted by Crippen LogP contribution is -2.18. The number of anilines is 1. The monoisotopic (exact) mass is 492 g/mol. The second-order valence-electron chi connectivity index (χ2n) is 7.44. The minimum Gasteiger partial charge on any atom is -0.493 e. The number of hydrogen-bond donors (Lipinski definition) is 1. The first kappa shape index (κ1) is 22.3. The molecule has 0 amide bonds. The molecular weight excluding hydrogens is 472 g/mol. The van der Waals surface area contributed by atoms with Gasteiger partial charge in [-0.15, -0.1) is 10.2 Å². The first-order chi connectivity index (χ1) is 16.7. The van der Waals surface area contributed by atoms with Gasteiger partial charge in [-0.3, -0.25) is 0 Å². The predicted molar refractivity (Wildman–Crippen MR) is 133 cm³/mol. The van der Waals surface area contributed by atoms with Crippen LogP contribution >= 0.6 is 23.4 Å². The van der Waals surface area contributed by atoms with Crippen molar-refractivity contribution in [1.82, 2.24) is 15.2 Å². The topological polar surface area (TPSA) is 78.4 Å². The Kier molecular flexibility index (Phi) is 6.42. The van der Waals surface area contributed by atoms with E-state index < -0.39 is 6.23 Å². The average Bonchev–Trinajstić information content (AvgIpc) is 3.04. The summed E-state index contributed by atoms with van der Waals surface area (Å²) >= 11 is 8.12. The Morgan fingerprint density at radius 2 is 1.71 bits per heavy atom. The number of aromatic nitrogens is 3. The summed E-state index contributed by atoms with van der Waals surface area (Å²) in [6, 6.07) is 21.4. The van der Waals surface area contributed by atoms with Crippen LogP contribution in [-0.2, 0) is 5.75 Å². The summed E-state index contributed by atoms with van der Waals surface area (Å²) in [6.07, 6.45) is -0.640. The second kappa shape index (κ2) is 9.79. The molecule has 1 N–H and O–H groups in total. The van der Waals surface area contributed by atoms with Crippen LogP contribution in [0.25, 0.3) is 11.3 Å². The Balaban J connectivity index is 1.53. The first-order valence-corrected chi connectivity index (χ1v) is 11.9. The number of hydrogen-bond acceptors (Lipinski definition) is 8. The van der Waals surface area contributed by atoms with Crippen molar-refractivity contribution in [3.8, 4) is 28.6 Å². The normalized spacial score (nSPS) is 14.1. The molecule has 2 heterocycles. The quantitative estimate of drug-likeness (QED) is 0.328. The first-order valence-electron chi connectivity index (χ1n) is 10.5. The molecule has 0 saturated carbocycles. The number of ether oxygens (including phenoxy) is 3. The minimum atomic E-state index is -0.640. The summed E-state index contributed by atoms with van der Waals surface area (Å²) in [5.74, 6) is 2.18. The van der Waals surface area contributed by atoms with Gasteiger partial charge in [-0.25, -0.2) is 0 Å². The second-order valence-corrected chi connectivity index (χ2v) is 8.79. The smallest absolute Gasteiger partial charge is 0.247 e. The van der Waals surface area contributed by atoms with Crippen molar-refractivity contribution in [2.45, 2.75) is 17.1 Å². The van der Waals surface area contributed by atoms with Crippen LogP contribution in [0.15, 0.2) is 71.9 Å². The molecule has 1 atom stereocenters. The number of rotatable bonds is 6. The molecule has 34 heavy (non-hydrogen) atoms. The Labute approximate surface area is 206 Å². The number of nitrogens with one attached hydrogen (secondary N) is 1. The number of methoxy groups -OCH3 is 2. The van der Waals surface area contributed by atoms with Crippen molar-refractivity contribution >= 4 is 29.1 Å². The van der Waals surface area contributed by atoms with Gasteiger partial charge in [0.2, 0.25) is 11.0 Å². The van der Waals surface area contributed by atoms with E-state index in [0.717, 1.165) is 17.0 Å². The van der Waals surface area contributed by atoms with Gasteiger partial charge in [0.05, 0.1) is 19.2 Å². The molecule has 0 unspecified atom stereocenters. The highest BCUT2D eigenvalue weighted by Gasteiger charge is 2.28. The Morgan fingerprint density at radius 3 is 2.50 bits per heavy atom. The lowest BCUT2D eigenvalue weighted by molar-refractivity contribution is 0.224. The zero-order valence-corrected chi connectivity index (χ0v) is 20.1. The van der Waals surface area contributed by atoms with Gasteiger partial charge < -0.3 is 19.5 Å². The molecular formula is C25H21ClN4O3S. The molecule has 0 bridgehead atoms. The van der Waals surface area contributed by atoms with Gasteiger partial charge in [-0.1, -0.05) is 71.9 Å². The highest BCUT2D eigenvalue weighted by molar-refractivity contribution is 7.98. The van der Waals surface area contributed by atoms with Crippen LogP contribution in [0.2, 0.25) is 5.02 Å². The third kappa shape index (κ3) is 4.47. The third-order valence-corrected chi connectivity index (χ3v) is 6.57. The molecule has 1 aliphatic rings. The summed E-state index contributed by atoms with van der Waals surface area (Å²) in [7, 11) is 3.15. The fraction of sp³-hybridized carbons (Fsp3) is 0.160. The van der Waals surface area contributed by atoms with Crippen LogP contribution in [0.4, 0.5) is 5.69 Å². The minimum absolute atomic E-state index is 0.374. The summed E-state index contributed by atoms with van der Waals surface area (Å²) in [6.45, 7) is 0. The lowest BCUT2D eigenvalue weighted by Gasteiger charge is -2.21. The van der Waals surface area contributed by atoms with Crippen molar-refractivity contribution in [3.63, 3.8) is 0 Å². The van der Waals surface area contributed by atoms with E-state index in [1.165, 1.54) is 17.3 Å².